The molecule has 1 aliphatic rings. The van der Waals surface area contributed by atoms with E-state index in [9.17, 15) is 9.59 Å². The molecule has 0 saturated heterocycles. The Morgan fingerprint density at radius 1 is 1.25 bits per heavy atom. The highest BCUT2D eigenvalue weighted by Crippen LogP contribution is 2.23. The number of ether oxygens (including phenoxy) is 1. The molecule has 0 unspecified atom stereocenters. The van der Waals surface area contributed by atoms with E-state index >= 15 is 0 Å². The van der Waals surface area contributed by atoms with Gasteiger partial charge in [0, 0.05) is 6.42 Å². The molecule has 0 aliphatic heterocycles. The number of allylic oxidation sites excluding steroid dienone is 1. The topological polar surface area (TPSA) is 43.4 Å². The predicted molar refractivity (Wildman–Crippen MR) is 62.0 cm³/mol. The van der Waals surface area contributed by atoms with Gasteiger partial charge in [0.2, 0.25) is 0 Å². The Labute approximate surface area is 96.9 Å². The van der Waals surface area contributed by atoms with Crippen LogP contribution in [-0.2, 0) is 14.3 Å². The van der Waals surface area contributed by atoms with E-state index in [0.29, 0.717) is 12.5 Å². The molecule has 0 radical (unpaired) electrons. The second-order valence-electron chi connectivity index (χ2n) is 4.40. The van der Waals surface area contributed by atoms with Crippen molar-refractivity contribution in [1.29, 1.82) is 0 Å². The van der Waals surface area contributed by atoms with Crippen molar-refractivity contribution in [2.75, 3.05) is 6.61 Å². The molecule has 0 spiro atoms. The van der Waals surface area contributed by atoms with Crippen LogP contribution in [0.3, 0.4) is 0 Å². The Balaban J connectivity index is 2.13. The van der Waals surface area contributed by atoms with Gasteiger partial charge in [0.15, 0.2) is 0 Å². The molecule has 90 valence electrons. The van der Waals surface area contributed by atoms with E-state index in [2.05, 4.69) is 6.58 Å². The van der Waals surface area contributed by atoms with E-state index in [4.69, 9.17) is 4.74 Å². The first kappa shape index (κ1) is 12.9. The van der Waals surface area contributed by atoms with Crippen LogP contribution in [0.15, 0.2) is 12.7 Å². The lowest BCUT2D eigenvalue weighted by molar-refractivity contribution is -0.147. The van der Waals surface area contributed by atoms with Crippen LogP contribution in [0.25, 0.3) is 0 Å². The number of carbonyl (C=O) groups excluding carboxylic acids is 2. The lowest BCUT2D eigenvalue weighted by Crippen LogP contribution is -2.18. The predicted octanol–water partition coefficient (Wildman–Crippen LogP) is 2.65. The van der Waals surface area contributed by atoms with Gasteiger partial charge in [-0.3, -0.25) is 9.59 Å². The fourth-order valence-corrected chi connectivity index (χ4v) is 2.01. The molecule has 0 amide bonds. The zero-order chi connectivity index (χ0) is 11.8. The summed E-state index contributed by atoms with van der Waals surface area (Å²) in [4.78, 5) is 22.4. The van der Waals surface area contributed by atoms with Crippen molar-refractivity contribution in [3.05, 3.63) is 12.7 Å². The van der Waals surface area contributed by atoms with Gasteiger partial charge in [-0.2, -0.15) is 0 Å². The number of esters is 1. The number of ketones is 1. The first-order valence-corrected chi connectivity index (χ1v) is 6.00. The van der Waals surface area contributed by atoms with Gasteiger partial charge in [0.1, 0.15) is 12.2 Å². The molecule has 0 atom stereocenters. The van der Waals surface area contributed by atoms with Crippen LogP contribution < -0.4 is 0 Å². The minimum Gasteiger partial charge on any atom is -0.465 e. The van der Waals surface area contributed by atoms with Crippen LogP contribution in [0.1, 0.15) is 44.9 Å². The largest absolute Gasteiger partial charge is 0.465 e. The molecule has 1 saturated carbocycles. The summed E-state index contributed by atoms with van der Waals surface area (Å²) in [5, 5.41) is 0. The highest BCUT2D eigenvalue weighted by molar-refractivity contribution is 5.96. The van der Waals surface area contributed by atoms with Crippen LogP contribution >= 0.6 is 0 Å². The monoisotopic (exact) mass is 224 g/mol. The number of Topliss-reactive ketones (excluding diaryl/α,β-unsaturated/α-hetero) is 1. The molecular weight excluding hydrogens is 204 g/mol. The molecule has 1 fully saturated rings. The van der Waals surface area contributed by atoms with E-state index in [0.717, 1.165) is 12.8 Å². The highest BCUT2D eigenvalue weighted by Gasteiger charge is 2.16. The molecule has 0 aromatic carbocycles. The minimum atomic E-state index is -0.391. The van der Waals surface area contributed by atoms with Crippen molar-refractivity contribution in [2.45, 2.75) is 44.9 Å². The summed E-state index contributed by atoms with van der Waals surface area (Å²) in [6.07, 6.45) is 7.70. The van der Waals surface area contributed by atoms with E-state index in [1.807, 2.05) is 0 Å². The van der Waals surface area contributed by atoms with Crippen LogP contribution in [0.2, 0.25) is 0 Å². The van der Waals surface area contributed by atoms with Crippen molar-refractivity contribution < 1.29 is 14.3 Å². The molecule has 0 bridgehead atoms. The van der Waals surface area contributed by atoms with Crippen molar-refractivity contribution in [1.82, 2.24) is 0 Å². The van der Waals surface area contributed by atoms with Gasteiger partial charge in [0.25, 0.3) is 0 Å². The third-order valence-corrected chi connectivity index (χ3v) is 2.92. The van der Waals surface area contributed by atoms with Crippen LogP contribution in [-0.4, -0.2) is 18.4 Å². The zero-order valence-electron chi connectivity index (χ0n) is 9.74. The average Bonchev–Trinajstić information content (AvgIpc) is 2.28. The number of rotatable bonds is 6. The summed E-state index contributed by atoms with van der Waals surface area (Å²) in [6, 6.07) is 0. The fraction of sp³-hybridized carbons (Fsp3) is 0.692. The van der Waals surface area contributed by atoms with Gasteiger partial charge >= 0.3 is 5.97 Å². The van der Waals surface area contributed by atoms with Crippen molar-refractivity contribution in [3.63, 3.8) is 0 Å². The normalized spacial score (nSPS) is 16.8. The molecule has 1 aliphatic carbocycles. The summed E-state index contributed by atoms with van der Waals surface area (Å²) >= 11 is 0. The Kier molecular flexibility index (Phi) is 5.83. The van der Waals surface area contributed by atoms with Crippen molar-refractivity contribution in [3.8, 4) is 0 Å². The fourth-order valence-electron chi connectivity index (χ4n) is 2.01. The number of hydrogen-bond donors (Lipinski definition) is 0. The second-order valence-corrected chi connectivity index (χ2v) is 4.40. The smallest absolute Gasteiger partial charge is 0.313 e. The average molecular weight is 224 g/mol. The van der Waals surface area contributed by atoms with Gasteiger partial charge in [-0.15, -0.1) is 6.58 Å². The minimum absolute atomic E-state index is 0.112. The first-order chi connectivity index (χ1) is 7.72. The summed E-state index contributed by atoms with van der Waals surface area (Å²) in [7, 11) is 0. The molecule has 1 rings (SSSR count). The lowest BCUT2D eigenvalue weighted by atomic mass is 9.90. The van der Waals surface area contributed by atoms with Gasteiger partial charge in [-0.25, -0.2) is 0 Å². The summed E-state index contributed by atoms with van der Waals surface area (Å²) in [6.45, 7) is 3.94. The summed E-state index contributed by atoms with van der Waals surface area (Å²) in [5.41, 5.74) is 0. The van der Waals surface area contributed by atoms with E-state index < -0.39 is 5.97 Å². The molecule has 0 aromatic heterocycles. The molecular formula is C13H20O3. The lowest BCUT2D eigenvalue weighted by Gasteiger charge is -2.20. The molecule has 16 heavy (non-hydrogen) atoms. The van der Waals surface area contributed by atoms with Crippen LogP contribution in [0.4, 0.5) is 0 Å². The van der Waals surface area contributed by atoms with Gasteiger partial charge in [-0.1, -0.05) is 25.3 Å². The Bertz CT molecular complexity index is 252. The van der Waals surface area contributed by atoms with E-state index in [-0.39, 0.29) is 18.6 Å². The number of hydrogen-bond acceptors (Lipinski definition) is 3. The molecule has 0 N–H and O–H groups in total. The Morgan fingerprint density at radius 2 is 1.94 bits per heavy atom. The maximum atomic E-state index is 11.3. The standard InChI is InChI=1S/C13H20O3/c1-2-6-12(14)9-13(15)16-10-11-7-4-3-5-8-11/h2,11H,1,3-10H2. The molecule has 0 heterocycles. The van der Waals surface area contributed by atoms with Crippen molar-refractivity contribution in [2.24, 2.45) is 5.92 Å². The van der Waals surface area contributed by atoms with Crippen molar-refractivity contribution >= 4 is 11.8 Å². The van der Waals surface area contributed by atoms with Gasteiger partial charge in [0.05, 0.1) is 6.61 Å². The van der Waals surface area contributed by atoms with E-state index in [1.54, 1.807) is 0 Å². The van der Waals surface area contributed by atoms with E-state index in [1.165, 1.54) is 25.3 Å². The summed E-state index contributed by atoms with van der Waals surface area (Å²) in [5.74, 6) is -0.00623. The zero-order valence-corrected chi connectivity index (χ0v) is 9.74. The molecule has 3 nitrogen and oxygen atoms in total. The third-order valence-electron chi connectivity index (χ3n) is 2.92. The maximum Gasteiger partial charge on any atom is 0.313 e. The van der Waals surface area contributed by atoms with Crippen LogP contribution in [0, 0.1) is 5.92 Å². The highest BCUT2D eigenvalue weighted by atomic mass is 16.5. The first-order valence-electron chi connectivity index (χ1n) is 6.00. The second kappa shape index (κ2) is 7.20. The maximum absolute atomic E-state index is 11.3. The Morgan fingerprint density at radius 3 is 2.56 bits per heavy atom. The van der Waals surface area contributed by atoms with Gasteiger partial charge < -0.3 is 4.74 Å². The quantitative estimate of drug-likeness (QED) is 0.396. The third kappa shape index (κ3) is 5.10. The SMILES string of the molecule is C=CCC(=O)CC(=O)OCC1CCCCC1. The van der Waals surface area contributed by atoms with Crippen LogP contribution in [0.5, 0.6) is 0 Å². The molecule has 3 heteroatoms. The molecule has 0 aromatic rings. The van der Waals surface area contributed by atoms with Gasteiger partial charge in [-0.05, 0) is 18.8 Å². The summed E-state index contributed by atoms with van der Waals surface area (Å²) < 4.78 is 5.10. The number of carbonyl (C=O) groups is 2. The Hall–Kier alpha value is -1.12.